The van der Waals surface area contributed by atoms with Gasteiger partial charge in [0.25, 0.3) is 0 Å². The number of amides is 2. The predicted molar refractivity (Wildman–Crippen MR) is 177 cm³/mol. The third-order valence-corrected chi connectivity index (χ3v) is 8.72. The first-order valence-corrected chi connectivity index (χ1v) is 15.9. The Hall–Kier alpha value is -4.78. The molecule has 1 atom stereocenters. The van der Waals surface area contributed by atoms with Crippen LogP contribution in [0.3, 0.4) is 0 Å². The van der Waals surface area contributed by atoms with E-state index in [-0.39, 0.29) is 18.1 Å². The highest BCUT2D eigenvalue weighted by atomic mass is 16.5. The summed E-state index contributed by atoms with van der Waals surface area (Å²) in [6, 6.07) is 17.9. The zero-order valence-electron chi connectivity index (χ0n) is 25.9. The lowest BCUT2D eigenvalue weighted by Gasteiger charge is -2.31. The second kappa shape index (κ2) is 13.7. The molecule has 0 radical (unpaired) electrons. The normalized spacial score (nSPS) is 19.1. The monoisotopic (exact) mass is 621 g/mol. The van der Waals surface area contributed by atoms with Gasteiger partial charge >= 0.3 is 6.03 Å². The van der Waals surface area contributed by atoms with E-state index in [2.05, 4.69) is 66.6 Å². The van der Waals surface area contributed by atoms with Gasteiger partial charge in [-0.3, -0.25) is 10.2 Å². The number of anilines is 2. The number of urea groups is 1. The number of likely N-dealkylation sites (tertiary alicyclic amines) is 1. The molecule has 5 heterocycles. The van der Waals surface area contributed by atoms with Crippen LogP contribution in [-0.4, -0.2) is 78.7 Å². The van der Waals surface area contributed by atoms with Crippen molar-refractivity contribution in [2.24, 2.45) is 0 Å². The fourth-order valence-electron chi connectivity index (χ4n) is 6.16. The molecule has 3 aliphatic heterocycles. The highest BCUT2D eigenvalue weighted by molar-refractivity contribution is 5.91. The molecule has 0 aliphatic carbocycles. The number of carbonyl (C=O) groups is 1. The van der Waals surface area contributed by atoms with Crippen molar-refractivity contribution in [1.29, 1.82) is 0 Å². The van der Waals surface area contributed by atoms with E-state index in [1.807, 2.05) is 43.5 Å². The number of ether oxygens (including phenoxy) is 1. The van der Waals surface area contributed by atoms with Crippen molar-refractivity contribution in [3.05, 3.63) is 89.9 Å². The number of nitrogens with zero attached hydrogens (tertiary/aromatic N) is 5. The molecular formula is C34H39N9O3. The summed E-state index contributed by atoms with van der Waals surface area (Å²) in [5, 5.41) is 16.6. The summed E-state index contributed by atoms with van der Waals surface area (Å²) in [7, 11) is 1.86. The maximum atomic E-state index is 12.6. The van der Waals surface area contributed by atoms with Crippen molar-refractivity contribution in [2.75, 3.05) is 56.7 Å². The summed E-state index contributed by atoms with van der Waals surface area (Å²) >= 11 is 0. The number of allylic oxidation sites excluding steroid dienone is 1. The number of hydrogen-bond acceptors (Lipinski definition) is 10. The number of morpholine rings is 1. The van der Waals surface area contributed by atoms with Gasteiger partial charge in [0.1, 0.15) is 11.2 Å². The highest BCUT2D eigenvalue weighted by Gasteiger charge is 2.29. The van der Waals surface area contributed by atoms with Gasteiger partial charge in [-0.15, -0.1) is 0 Å². The van der Waals surface area contributed by atoms with Crippen molar-refractivity contribution >= 4 is 28.6 Å². The molecule has 0 spiro atoms. The molecule has 7 rings (SSSR count). The molecule has 12 nitrogen and oxygen atoms in total. The quantitative estimate of drug-likeness (QED) is 0.227. The molecule has 4 N–H and O–H groups in total. The Morgan fingerprint density at radius 1 is 0.978 bits per heavy atom. The molecule has 2 aromatic heterocycles. The van der Waals surface area contributed by atoms with Crippen molar-refractivity contribution < 1.29 is 14.1 Å². The van der Waals surface area contributed by atoms with Crippen LogP contribution in [0.15, 0.2) is 83.2 Å². The molecule has 4 aromatic rings. The smallest absolute Gasteiger partial charge is 0.323 e. The van der Waals surface area contributed by atoms with Crippen LogP contribution >= 0.6 is 0 Å². The zero-order chi connectivity index (χ0) is 31.3. The minimum atomic E-state index is -0.329. The van der Waals surface area contributed by atoms with Gasteiger partial charge in [-0.25, -0.2) is 14.8 Å². The van der Waals surface area contributed by atoms with E-state index in [1.54, 1.807) is 6.20 Å². The van der Waals surface area contributed by atoms with E-state index in [9.17, 15) is 4.79 Å². The fourth-order valence-corrected chi connectivity index (χ4v) is 6.16. The molecular weight excluding hydrogens is 582 g/mol. The van der Waals surface area contributed by atoms with Crippen LogP contribution in [0.4, 0.5) is 16.3 Å². The van der Waals surface area contributed by atoms with E-state index in [0.717, 1.165) is 55.1 Å². The maximum absolute atomic E-state index is 12.6. The minimum absolute atomic E-state index is 0.0400. The number of dihydropyridines is 1. The highest BCUT2D eigenvalue weighted by Crippen LogP contribution is 2.36. The van der Waals surface area contributed by atoms with Crippen molar-refractivity contribution in [1.82, 2.24) is 36.0 Å². The average Bonchev–Trinajstić information content (AvgIpc) is 3.54. The molecule has 2 amide bonds. The van der Waals surface area contributed by atoms with E-state index >= 15 is 0 Å². The zero-order valence-corrected chi connectivity index (χ0v) is 25.9. The first-order chi connectivity index (χ1) is 22.6. The van der Waals surface area contributed by atoms with Gasteiger partial charge in [-0.1, -0.05) is 35.5 Å². The number of fused-ring (bicyclic) bond motifs is 1. The molecule has 0 bridgehead atoms. The van der Waals surface area contributed by atoms with Crippen LogP contribution in [0.5, 0.6) is 0 Å². The van der Waals surface area contributed by atoms with Crippen molar-refractivity contribution in [2.45, 2.75) is 31.5 Å². The van der Waals surface area contributed by atoms with Gasteiger partial charge in [0.15, 0.2) is 11.6 Å². The molecule has 46 heavy (non-hydrogen) atoms. The molecule has 2 aromatic carbocycles. The summed E-state index contributed by atoms with van der Waals surface area (Å²) in [5.74, 6) is 1.60. The Morgan fingerprint density at radius 2 is 1.76 bits per heavy atom. The molecule has 0 saturated carbocycles. The average molecular weight is 622 g/mol. The molecule has 3 aliphatic rings. The van der Waals surface area contributed by atoms with Crippen LogP contribution in [-0.2, 0) is 11.3 Å². The predicted octanol–water partition coefficient (Wildman–Crippen LogP) is 4.17. The number of rotatable bonds is 8. The van der Waals surface area contributed by atoms with Crippen LogP contribution < -0.4 is 26.2 Å². The van der Waals surface area contributed by atoms with Gasteiger partial charge in [-0.2, -0.15) is 0 Å². The third-order valence-electron chi connectivity index (χ3n) is 8.72. The second-order valence-corrected chi connectivity index (χ2v) is 11.8. The fraction of sp³-hybridized carbons (Fsp3) is 0.353. The van der Waals surface area contributed by atoms with Crippen LogP contribution in [0.2, 0.25) is 0 Å². The topological polar surface area (TPSA) is 133 Å². The van der Waals surface area contributed by atoms with E-state index in [0.29, 0.717) is 49.1 Å². The lowest BCUT2D eigenvalue weighted by Crippen LogP contribution is -2.39. The number of hydrogen-bond donors (Lipinski definition) is 4. The lowest BCUT2D eigenvalue weighted by molar-refractivity contribution is 0.122. The second-order valence-electron chi connectivity index (χ2n) is 11.8. The maximum Gasteiger partial charge on any atom is 0.323 e. The summed E-state index contributed by atoms with van der Waals surface area (Å²) in [6.45, 7) is 5.63. The summed E-state index contributed by atoms with van der Waals surface area (Å²) in [6.07, 6.45) is 7.56. The van der Waals surface area contributed by atoms with Crippen molar-refractivity contribution in [3.8, 4) is 11.4 Å². The van der Waals surface area contributed by atoms with Crippen molar-refractivity contribution in [3.63, 3.8) is 0 Å². The van der Waals surface area contributed by atoms with Crippen LogP contribution in [0.1, 0.15) is 30.0 Å². The standard InChI is InChI=1S/C34H39N9O3/c1-35-28-12-11-27(21-36-28)38-34(44)37-26-9-7-25(8-10-26)32-39-30-29(41-46-31(30)33(40-32)43-17-19-45-20-18-43)24-13-15-42(16-14-24)22-23-5-3-2-4-6-23/h2-12,21,24,28,35-36H,13-20,22H2,1H3,(H2,37,38,44). The van der Waals surface area contributed by atoms with E-state index in [1.165, 1.54) is 5.56 Å². The molecule has 238 valence electrons. The van der Waals surface area contributed by atoms with E-state index < -0.39 is 0 Å². The Labute approximate surface area is 267 Å². The Bertz CT molecular complexity index is 1710. The number of piperidine rings is 1. The van der Waals surface area contributed by atoms with Gasteiger partial charge in [0.05, 0.1) is 25.1 Å². The number of benzene rings is 2. The van der Waals surface area contributed by atoms with Crippen LogP contribution in [0, 0.1) is 0 Å². The first-order valence-electron chi connectivity index (χ1n) is 15.9. The molecule has 1 unspecified atom stereocenters. The molecule has 2 saturated heterocycles. The molecule has 2 fully saturated rings. The summed E-state index contributed by atoms with van der Waals surface area (Å²) in [4.78, 5) is 27.3. The third kappa shape index (κ3) is 6.74. The minimum Gasteiger partial charge on any atom is -0.378 e. The van der Waals surface area contributed by atoms with E-state index in [4.69, 9.17) is 19.2 Å². The van der Waals surface area contributed by atoms with Gasteiger partial charge < -0.3 is 30.1 Å². The van der Waals surface area contributed by atoms with Gasteiger partial charge in [0.2, 0.25) is 5.58 Å². The van der Waals surface area contributed by atoms with Gasteiger partial charge in [0, 0.05) is 43.0 Å². The van der Waals surface area contributed by atoms with Crippen LogP contribution in [0.25, 0.3) is 22.5 Å². The number of aromatic nitrogens is 3. The molecule has 12 heteroatoms. The number of nitrogens with one attached hydrogen (secondary N) is 4. The summed E-state index contributed by atoms with van der Waals surface area (Å²) in [5.41, 5.74) is 5.81. The number of likely N-dealkylation sites (N-methyl/N-ethyl adjacent to an activating group) is 1. The van der Waals surface area contributed by atoms with Gasteiger partial charge in [-0.05, 0) is 75.0 Å². The Balaban J connectivity index is 1.09. The lowest BCUT2D eigenvalue weighted by atomic mass is 9.92. The number of carbonyl (C=O) groups excluding carboxylic acids is 1. The first kappa shape index (κ1) is 29.9. The SMILES string of the molecule is CNC1C=CC(NC(=O)Nc2ccc(-c3nc(N4CCOCC4)c4onc(C5CCN(Cc6ccccc6)CC5)c4n3)cc2)=CN1. The Morgan fingerprint density at radius 3 is 2.48 bits per heavy atom. The Kier molecular flexibility index (Phi) is 8.90. The summed E-state index contributed by atoms with van der Waals surface area (Å²) < 4.78 is 11.6. The largest absolute Gasteiger partial charge is 0.378 e.